The first-order valence-electron chi connectivity index (χ1n) is 11.5. The quantitative estimate of drug-likeness (QED) is 0.229. The molecule has 0 bridgehead atoms. The molecule has 0 atom stereocenters. The average Bonchev–Trinajstić information content (AvgIpc) is 2.75. The van der Waals surface area contributed by atoms with Crippen molar-refractivity contribution in [3.63, 3.8) is 0 Å². The van der Waals surface area contributed by atoms with E-state index in [-0.39, 0.29) is 35.9 Å². The lowest BCUT2D eigenvalue weighted by atomic mass is 9.79. The molecule has 0 fully saturated rings. The number of allylic oxidation sites excluding steroid dienone is 1. The molecule has 170 valence electrons. The van der Waals surface area contributed by atoms with Gasteiger partial charge in [-0.2, -0.15) is 0 Å². The summed E-state index contributed by atoms with van der Waals surface area (Å²) in [7, 11) is 0. The van der Waals surface area contributed by atoms with Crippen molar-refractivity contribution in [2.45, 2.75) is 85.0 Å². The second kappa shape index (κ2) is 11.8. The Hall–Kier alpha value is -2.43. The van der Waals surface area contributed by atoms with Crippen LogP contribution in [0.15, 0.2) is 29.8 Å². The Balaban J connectivity index is 1.81. The average molecular weight is 429 g/mol. The summed E-state index contributed by atoms with van der Waals surface area (Å²) in [5.74, 6) is -1.69. The van der Waals surface area contributed by atoms with Crippen LogP contribution in [-0.4, -0.2) is 29.2 Å². The third kappa shape index (κ3) is 7.34. The molecule has 1 aromatic carbocycles. The molecular weight excluding hydrogens is 392 g/mol. The number of unbranched alkanes of at least 4 members (excludes halogenated alkanes) is 7. The molecule has 0 saturated heterocycles. The number of esters is 1. The zero-order valence-electron chi connectivity index (χ0n) is 19.2. The van der Waals surface area contributed by atoms with Gasteiger partial charge in [0.05, 0.1) is 6.61 Å². The number of fused-ring (bicyclic) bond motifs is 1. The van der Waals surface area contributed by atoms with E-state index in [9.17, 15) is 19.5 Å². The molecule has 1 aliphatic rings. The molecule has 0 heterocycles. The van der Waals surface area contributed by atoms with Crippen LogP contribution in [0.5, 0.6) is 0 Å². The second-order valence-corrected chi connectivity index (χ2v) is 9.26. The van der Waals surface area contributed by atoms with E-state index in [1.54, 1.807) is 24.3 Å². The van der Waals surface area contributed by atoms with Crippen LogP contribution in [0.25, 0.3) is 5.76 Å². The zero-order valence-corrected chi connectivity index (χ0v) is 19.2. The molecule has 0 radical (unpaired) electrons. The van der Waals surface area contributed by atoms with Crippen molar-refractivity contribution in [3.8, 4) is 0 Å². The van der Waals surface area contributed by atoms with E-state index in [1.165, 1.54) is 32.1 Å². The minimum atomic E-state index is -0.686. The van der Waals surface area contributed by atoms with Crippen molar-refractivity contribution in [2.24, 2.45) is 5.41 Å². The van der Waals surface area contributed by atoms with Gasteiger partial charge in [0, 0.05) is 28.5 Å². The third-order valence-corrected chi connectivity index (χ3v) is 5.71. The fourth-order valence-electron chi connectivity index (χ4n) is 3.86. The van der Waals surface area contributed by atoms with Crippen LogP contribution in [0.3, 0.4) is 0 Å². The van der Waals surface area contributed by atoms with Gasteiger partial charge in [-0.3, -0.25) is 14.4 Å². The number of Topliss-reactive ketones (excluding diaryl/α,β-unsaturated/α-hetero) is 2. The number of benzene rings is 1. The lowest BCUT2D eigenvalue weighted by Gasteiger charge is -2.27. The number of rotatable bonds is 13. The fraction of sp³-hybridized carbons (Fsp3) is 0.577. The smallest absolute Gasteiger partial charge is 0.305 e. The van der Waals surface area contributed by atoms with E-state index in [1.807, 2.05) is 13.8 Å². The van der Waals surface area contributed by atoms with Crippen molar-refractivity contribution < 1.29 is 24.2 Å². The van der Waals surface area contributed by atoms with Gasteiger partial charge in [-0.25, -0.2) is 0 Å². The maximum atomic E-state index is 12.5. The van der Waals surface area contributed by atoms with Crippen LogP contribution < -0.4 is 0 Å². The van der Waals surface area contributed by atoms with Crippen LogP contribution in [0.1, 0.15) is 101 Å². The molecule has 0 amide bonds. The molecule has 31 heavy (non-hydrogen) atoms. The number of ether oxygens (including phenoxy) is 1. The summed E-state index contributed by atoms with van der Waals surface area (Å²) >= 11 is 0. The summed E-state index contributed by atoms with van der Waals surface area (Å²) in [6.07, 6.45) is 9.86. The van der Waals surface area contributed by atoms with Crippen molar-refractivity contribution >= 4 is 23.3 Å². The van der Waals surface area contributed by atoms with Crippen molar-refractivity contribution in [2.75, 3.05) is 6.61 Å². The molecule has 5 heteroatoms. The van der Waals surface area contributed by atoms with Gasteiger partial charge in [0.25, 0.3) is 0 Å². The lowest BCUT2D eigenvalue weighted by molar-refractivity contribution is -0.146. The second-order valence-electron chi connectivity index (χ2n) is 9.26. The standard InChI is InChI=1S/C26H36O5/c1-4-5-6-7-8-9-10-11-16-22(27)31-18-26(2,3)17-21-23(28)19-14-12-13-15-20(19)24(29)25(21)30/h12-15,28H,4-11,16-18H2,1-3H3. The fourth-order valence-corrected chi connectivity index (χ4v) is 3.86. The number of carbonyl (C=O) groups is 3. The molecule has 0 spiro atoms. The van der Waals surface area contributed by atoms with Crippen molar-refractivity contribution in [1.29, 1.82) is 0 Å². The Morgan fingerprint density at radius 3 is 2.13 bits per heavy atom. The minimum absolute atomic E-state index is 0.0906. The zero-order chi connectivity index (χ0) is 22.9. The van der Waals surface area contributed by atoms with Gasteiger partial charge >= 0.3 is 5.97 Å². The normalized spacial score (nSPS) is 14.0. The minimum Gasteiger partial charge on any atom is -0.507 e. The van der Waals surface area contributed by atoms with E-state index in [0.29, 0.717) is 12.0 Å². The Kier molecular flexibility index (Phi) is 9.47. The van der Waals surface area contributed by atoms with E-state index in [2.05, 4.69) is 6.92 Å². The lowest BCUT2D eigenvalue weighted by Crippen LogP contribution is -2.29. The predicted molar refractivity (Wildman–Crippen MR) is 122 cm³/mol. The summed E-state index contributed by atoms with van der Waals surface area (Å²) in [5, 5.41) is 10.6. The van der Waals surface area contributed by atoms with Crippen LogP contribution in [0.2, 0.25) is 0 Å². The van der Waals surface area contributed by atoms with E-state index in [0.717, 1.165) is 19.3 Å². The number of carbonyl (C=O) groups excluding carboxylic acids is 3. The highest BCUT2D eigenvalue weighted by Gasteiger charge is 2.36. The van der Waals surface area contributed by atoms with Crippen LogP contribution in [0.4, 0.5) is 0 Å². The number of aliphatic hydroxyl groups excluding tert-OH is 1. The molecule has 0 aliphatic heterocycles. The Bertz CT molecular complexity index is 819. The van der Waals surface area contributed by atoms with Crippen molar-refractivity contribution in [3.05, 3.63) is 41.0 Å². The summed E-state index contributed by atoms with van der Waals surface area (Å²) in [5.41, 5.74) is 0.112. The number of ketones is 2. The van der Waals surface area contributed by atoms with Gasteiger partial charge in [0.2, 0.25) is 11.6 Å². The highest BCUT2D eigenvalue weighted by Crippen LogP contribution is 2.35. The van der Waals surface area contributed by atoms with Gasteiger partial charge in [0.1, 0.15) is 5.76 Å². The predicted octanol–water partition coefficient (Wildman–Crippen LogP) is 6.21. The van der Waals surface area contributed by atoms with E-state index >= 15 is 0 Å². The molecule has 0 saturated carbocycles. The van der Waals surface area contributed by atoms with Gasteiger partial charge in [-0.1, -0.05) is 90.0 Å². The van der Waals surface area contributed by atoms with E-state index < -0.39 is 17.0 Å². The molecule has 1 N–H and O–H groups in total. The molecule has 0 unspecified atom stereocenters. The third-order valence-electron chi connectivity index (χ3n) is 5.71. The number of hydrogen-bond donors (Lipinski definition) is 1. The highest BCUT2D eigenvalue weighted by molar-refractivity contribution is 6.52. The van der Waals surface area contributed by atoms with E-state index in [4.69, 9.17) is 4.74 Å². The largest absolute Gasteiger partial charge is 0.507 e. The topological polar surface area (TPSA) is 80.7 Å². The molecule has 1 aromatic rings. The van der Waals surface area contributed by atoms with Gasteiger partial charge < -0.3 is 9.84 Å². The Morgan fingerprint density at radius 1 is 0.903 bits per heavy atom. The maximum Gasteiger partial charge on any atom is 0.305 e. The first-order valence-corrected chi connectivity index (χ1v) is 11.5. The van der Waals surface area contributed by atoms with Crippen LogP contribution in [0, 0.1) is 5.41 Å². The van der Waals surface area contributed by atoms with Crippen LogP contribution >= 0.6 is 0 Å². The molecule has 2 rings (SSSR count). The Morgan fingerprint density at radius 2 is 1.48 bits per heavy atom. The van der Waals surface area contributed by atoms with Gasteiger partial charge in [-0.15, -0.1) is 0 Å². The maximum absolute atomic E-state index is 12.5. The molecule has 5 nitrogen and oxygen atoms in total. The summed E-state index contributed by atoms with van der Waals surface area (Å²) < 4.78 is 5.44. The summed E-state index contributed by atoms with van der Waals surface area (Å²) in [6.45, 7) is 6.05. The SMILES string of the molecule is CCCCCCCCCCC(=O)OCC(C)(C)CC1=C(O)c2ccccc2C(=O)C1=O. The van der Waals surface area contributed by atoms with Crippen LogP contribution in [-0.2, 0) is 14.3 Å². The molecule has 0 aromatic heterocycles. The van der Waals surface area contributed by atoms with Crippen molar-refractivity contribution in [1.82, 2.24) is 0 Å². The molecule has 1 aliphatic carbocycles. The van der Waals surface area contributed by atoms with Gasteiger partial charge in [0.15, 0.2) is 0 Å². The first-order chi connectivity index (χ1) is 14.8. The number of hydrogen-bond acceptors (Lipinski definition) is 5. The number of aliphatic hydroxyl groups is 1. The molecular formula is C26H36O5. The monoisotopic (exact) mass is 428 g/mol. The summed E-state index contributed by atoms with van der Waals surface area (Å²) in [6, 6.07) is 6.55. The highest BCUT2D eigenvalue weighted by atomic mass is 16.5. The summed E-state index contributed by atoms with van der Waals surface area (Å²) in [4.78, 5) is 37.0. The first kappa shape index (κ1) is 24.8. The Labute approximate surface area is 185 Å². The van der Waals surface area contributed by atoms with Gasteiger partial charge in [-0.05, 0) is 12.8 Å².